The molecule has 10 nitrogen and oxygen atoms in total. The third-order valence-electron chi connectivity index (χ3n) is 4.69. The van der Waals surface area contributed by atoms with Crippen molar-refractivity contribution in [2.75, 3.05) is 4.90 Å². The number of aromatic carboxylic acids is 1. The van der Waals surface area contributed by atoms with E-state index in [-0.39, 0.29) is 23.2 Å². The van der Waals surface area contributed by atoms with Crippen molar-refractivity contribution in [3.8, 4) is 5.75 Å². The number of Topliss-reactive ketones (excluding diaryl/α,β-unsaturated/α-hetero) is 1. The van der Waals surface area contributed by atoms with E-state index in [1.54, 1.807) is 12.1 Å². The zero-order chi connectivity index (χ0) is 22.2. The first-order valence-corrected chi connectivity index (χ1v) is 8.73. The number of carbonyl (C=O) groups is 5. The Kier molecular flexibility index (Phi) is 5.35. The Morgan fingerprint density at radius 3 is 2.00 bits per heavy atom. The highest BCUT2D eigenvalue weighted by Gasteiger charge is 2.39. The standard InChI is InChI=1S/C20H16N2O8/c21-11(19(27)28)5-7-13(23)15-12(6-8-14(24)16(15)20(29)30)22-17(25)9-3-1-2-4-10(9)18(22)26/h1-4,6,8,11,24H,5,7,21H2,(H,27,28)(H,29,30)/t11-/m0/s1. The van der Waals surface area contributed by atoms with E-state index in [9.17, 15) is 34.2 Å². The van der Waals surface area contributed by atoms with Gasteiger partial charge in [-0.2, -0.15) is 0 Å². The molecule has 10 heteroatoms. The third kappa shape index (κ3) is 3.40. The number of nitrogens with two attached hydrogens (primary N) is 1. The number of nitrogens with zero attached hydrogens (tertiary/aromatic N) is 1. The Labute approximate surface area is 169 Å². The van der Waals surface area contributed by atoms with Crippen LogP contribution in [0.5, 0.6) is 5.75 Å². The Bertz CT molecular complexity index is 1070. The largest absolute Gasteiger partial charge is 0.507 e. The van der Waals surface area contributed by atoms with Crippen LogP contribution < -0.4 is 10.6 Å². The molecule has 1 aliphatic rings. The predicted molar refractivity (Wildman–Crippen MR) is 102 cm³/mol. The third-order valence-corrected chi connectivity index (χ3v) is 4.69. The summed E-state index contributed by atoms with van der Waals surface area (Å²) in [4.78, 5) is 61.7. The molecule has 0 aliphatic carbocycles. The first-order valence-electron chi connectivity index (χ1n) is 8.73. The van der Waals surface area contributed by atoms with Crippen LogP contribution in [0.2, 0.25) is 0 Å². The Morgan fingerprint density at radius 1 is 0.933 bits per heavy atom. The molecule has 0 fully saturated rings. The van der Waals surface area contributed by atoms with Crippen LogP contribution >= 0.6 is 0 Å². The van der Waals surface area contributed by atoms with Gasteiger partial charge in [0.25, 0.3) is 11.8 Å². The number of hydrogen-bond donors (Lipinski definition) is 4. The van der Waals surface area contributed by atoms with Gasteiger partial charge >= 0.3 is 11.9 Å². The highest BCUT2D eigenvalue weighted by atomic mass is 16.4. The molecule has 5 N–H and O–H groups in total. The van der Waals surface area contributed by atoms with E-state index < -0.39 is 58.9 Å². The molecule has 0 spiro atoms. The predicted octanol–water partition coefficient (Wildman–Crippen LogP) is 1.27. The summed E-state index contributed by atoms with van der Waals surface area (Å²) in [6.07, 6.45) is -0.794. The SMILES string of the molecule is N[C@@H](CCC(=O)c1c(N2C(=O)c3ccccc3C2=O)ccc(O)c1C(=O)O)C(=O)O. The van der Waals surface area contributed by atoms with Crippen LogP contribution in [0, 0.1) is 0 Å². The zero-order valence-corrected chi connectivity index (χ0v) is 15.4. The molecular formula is C20H16N2O8. The first-order chi connectivity index (χ1) is 14.1. The van der Waals surface area contributed by atoms with Crippen LogP contribution in [0.4, 0.5) is 5.69 Å². The number of imide groups is 1. The molecule has 0 radical (unpaired) electrons. The number of carboxylic acid groups (broad SMARTS) is 2. The molecule has 1 atom stereocenters. The number of phenols is 1. The molecule has 2 aromatic rings. The first kappa shape index (κ1) is 20.7. The zero-order valence-electron chi connectivity index (χ0n) is 15.4. The van der Waals surface area contributed by atoms with Crippen LogP contribution in [0.1, 0.15) is 54.3 Å². The molecule has 0 aromatic heterocycles. The summed E-state index contributed by atoms with van der Waals surface area (Å²) in [5.41, 5.74) is 3.88. The second-order valence-electron chi connectivity index (χ2n) is 6.56. The molecule has 0 bridgehead atoms. The van der Waals surface area contributed by atoms with Crippen LogP contribution in [0.25, 0.3) is 0 Å². The fraction of sp³-hybridized carbons (Fsp3) is 0.150. The Morgan fingerprint density at radius 2 is 1.50 bits per heavy atom. The number of benzene rings is 2. The molecule has 1 aliphatic heterocycles. The number of amides is 2. The Hall–Kier alpha value is -4.05. The van der Waals surface area contributed by atoms with Crippen molar-refractivity contribution in [2.24, 2.45) is 5.73 Å². The second-order valence-corrected chi connectivity index (χ2v) is 6.56. The van der Waals surface area contributed by atoms with Gasteiger partial charge in [-0.1, -0.05) is 12.1 Å². The van der Waals surface area contributed by atoms with Crippen molar-refractivity contribution in [3.63, 3.8) is 0 Å². The lowest BCUT2D eigenvalue weighted by molar-refractivity contribution is -0.138. The van der Waals surface area contributed by atoms with E-state index in [1.165, 1.54) is 12.1 Å². The monoisotopic (exact) mass is 412 g/mol. The number of carboxylic acids is 2. The van der Waals surface area contributed by atoms with Crippen LogP contribution in [-0.2, 0) is 4.79 Å². The van der Waals surface area contributed by atoms with Crippen molar-refractivity contribution in [2.45, 2.75) is 18.9 Å². The smallest absolute Gasteiger partial charge is 0.340 e. The molecule has 3 rings (SSSR count). The molecule has 0 unspecified atom stereocenters. The molecule has 2 amide bonds. The van der Waals surface area contributed by atoms with Gasteiger partial charge in [0.05, 0.1) is 22.4 Å². The molecule has 1 heterocycles. The number of aliphatic carboxylic acids is 1. The summed E-state index contributed by atoms with van der Waals surface area (Å²) in [7, 11) is 0. The van der Waals surface area contributed by atoms with Crippen molar-refractivity contribution in [1.82, 2.24) is 0 Å². The maximum absolute atomic E-state index is 12.8. The van der Waals surface area contributed by atoms with Crippen LogP contribution in [0.15, 0.2) is 36.4 Å². The number of anilines is 1. The van der Waals surface area contributed by atoms with Crippen molar-refractivity contribution in [1.29, 1.82) is 0 Å². The number of rotatable bonds is 7. The lowest BCUT2D eigenvalue weighted by Gasteiger charge is -2.20. The lowest BCUT2D eigenvalue weighted by atomic mass is 9.95. The summed E-state index contributed by atoms with van der Waals surface area (Å²) in [5.74, 6) is -6.14. The summed E-state index contributed by atoms with van der Waals surface area (Å²) in [5, 5.41) is 28.4. The van der Waals surface area contributed by atoms with Crippen LogP contribution in [0.3, 0.4) is 0 Å². The minimum atomic E-state index is -1.66. The van der Waals surface area contributed by atoms with Gasteiger partial charge in [-0.05, 0) is 30.7 Å². The number of aromatic hydroxyl groups is 1. The van der Waals surface area contributed by atoms with Crippen molar-refractivity contribution < 1.29 is 39.3 Å². The molecule has 0 saturated carbocycles. The number of ketones is 1. The van der Waals surface area contributed by atoms with Gasteiger partial charge in [-0.25, -0.2) is 9.69 Å². The van der Waals surface area contributed by atoms with E-state index in [2.05, 4.69) is 0 Å². The highest BCUT2D eigenvalue weighted by molar-refractivity contribution is 6.35. The van der Waals surface area contributed by atoms with Gasteiger partial charge in [-0.3, -0.25) is 19.2 Å². The van der Waals surface area contributed by atoms with Crippen molar-refractivity contribution >= 4 is 35.2 Å². The van der Waals surface area contributed by atoms with Gasteiger partial charge in [-0.15, -0.1) is 0 Å². The fourth-order valence-corrected chi connectivity index (χ4v) is 3.21. The summed E-state index contributed by atoms with van der Waals surface area (Å²) in [6, 6.07) is 6.61. The maximum Gasteiger partial charge on any atom is 0.340 e. The van der Waals surface area contributed by atoms with Gasteiger partial charge < -0.3 is 21.1 Å². The summed E-state index contributed by atoms with van der Waals surface area (Å²) in [6.45, 7) is 0. The van der Waals surface area contributed by atoms with E-state index >= 15 is 0 Å². The molecular weight excluding hydrogens is 396 g/mol. The highest BCUT2D eigenvalue weighted by Crippen LogP contribution is 2.36. The lowest BCUT2D eigenvalue weighted by Crippen LogP contribution is -2.33. The summed E-state index contributed by atoms with van der Waals surface area (Å²) >= 11 is 0. The van der Waals surface area contributed by atoms with E-state index in [0.29, 0.717) is 4.90 Å². The van der Waals surface area contributed by atoms with Gasteiger partial charge in [0.2, 0.25) is 0 Å². The van der Waals surface area contributed by atoms with Crippen LogP contribution in [-0.4, -0.2) is 50.9 Å². The average molecular weight is 412 g/mol. The number of fused-ring (bicyclic) bond motifs is 1. The molecule has 30 heavy (non-hydrogen) atoms. The summed E-state index contributed by atoms with van der Waals surface area (Å²) < 4.78 is 0. The van der Waals surface area contributed by atoms with E-state index in [4.69, 9.17) is 10.8 Å². The van der Waals surface area contributed by atoms with E-state index in [0.717, 1.165) is 12.1 Å². The maximum atomic E-state index is 12.8. The normalized spacial score (nSPS) is 13.8. The van der Waals surface area contributed by atoms with Gasteiger partial charge in [0, 0.05) is 6.42 Å². The Balaban J connectivity index is 2.12. The minimum Gasteiger partial charge on any atom is -0.507 e. The minimum absolute atomic E-state index is 0.0822. The molecule has 0 saturated heterocycles. The fourth-order valence-electron chi connectivity index (χ4n) is 3.21. The second kappa shape index (κ2) is 7.76. The van der Waals surface area contributed by atoms with Crippen molar-refractivity contribution in [3.05, 3.63) is 58.7 Å². The number of hydrogen-bond acceptors (Lipinski definition) is 7. The number of carbonyl (C=O) groups excluding carboxylic acids is 3. The van der Waals surface area contributed by atoms with Gasteiger partial charge in [0.15, 0.2) is 5.78 Å². The molecule has 2 aromatic carbocycles. The van der Waals surface area contributed by atoms with E-state index in [1.807, 2.05) is 0 Å². The topological polar surface area (TPSA) is 175 Å². The molecule has 154 valence electrons. The quantitative estimate of drug-likeness (QED) is 0.385. The van der Waals surface area contributed by atoms with Gasteiger partial charge in [0.1, 0.15) is 17.4 Å². The average Bonchev–Trinajstić information content (AvgIpc) is 2.96.